The maximum absolute atomic E-state index is 12.9. The van der Waals surface area contributed by atoms with Crippen LogP contribution in [0.15, 0.2) is 76.6 Å². The molecule has 4 aromatic rings. The van der Waals surface area contributed by atoms with Crippen molar-refractivity contribution in [3.05, 3.63) is 77.1 Å². The molecule has 0 atom stereocenters. The third kappa shape index (κ3) is 4.10. The van der Waals surface area contributed by atoms with Crippen LogP contribution in [0.4, 0.5) is 5.69 Å². The first kappa shape index (κ1) is 21.2. The van der Waals surface area contributed by atoms with E-state index >= 15 is 0 Å². The molecule has 1 N–H and O–H groups in total. The third-order valence-corrected chi connectivity index (χ3v) is 7.54. The van der Waals surface area contributed by atoms with Crippen LogP contribution in [0, 0.1) is 0 Å². The van der Waals surface area contributed by atoms with E-state index in [2.05, 4.69) is 9.71 Å². The van der Waals surface area contributed by atoms with Crippen LogP contribution < -0.4 is 19.0 Å². The maximum atomic E-state index is 12.9. The summed E-state index contributed by atoms with van der Waals surface area (Å²) in [7, 11) is -3.77. The summed E-state index contributed by atoms with van der Waals surface area (Å²) < 4.78 is 41.5. The van der Waals surface area contributed by atoms with Crippen LogP contribution in [0.2, 0.25) is 0 Å². The molecule has 5 rings (SSSR count). The number of amides is 1. The van der Waals surface area contributed by atoms with Gasteiger partial charge in [0.15, 0.2) is 16.3 Å². The number of benzene rings is 3. The average Bonchev–Trinajstić information content (AvgIpc) is 3.40. The number of hydrogen-bond donors (Lipinski definition) is 1. The lowest BCUT2D eigenvalue weighted by Gasteiger charge is -2.08. The highest BCUT2D eigenvalue weighted by Gasteiger charge is 2.18. The van der Waals surface area contributed by atoms with E-state index in [0.717, 1.165) is 10.2 Å². The maximum Gasteiger partial charge on any atom is 0.279 e. The monoisotopic (exact) mass is 481 g/mol. The number of aryl methyl sites for hydroxylation is 1. The fraction of sp³-hybridized carbons (Fsp3) is 0.130. The van der Waals surface area contributed by atoms with Crippen LogP contribution in [-0.4, -0.2) is 25.7 Å². The van der Waals surface area contributed by atoms with Gasteiger partial charge in [0.25, 0.3) is 15.9 Å². The standard InChI is InChI=1S/C23H19N3O5S2/c1-2-26-18-12-19-20(31-14-30-19)13-21(18)32-23(26)24-22(27)15-7-6-8-16(11-15)25-33(28,29)17-9-4-3-5-10-17/h3-13,25H,2,14H2,1H3. The van der Waals surface area contributed by atoms with Crippen molar-refractivity contribution in [2.24, 2.45) is 4.99 Å². The molecule has 8 nitrogen and oxygen atoms in total. The van der Waals surface area contributed by atoms with Gasteiger partial charge in [-0.2, -0.15) is 4.99 Å². The molecule has 1 amide bonds. The second-order valence-corrected chi connectivity index (χ2v) is 9.91. The molecule has 0 bridgehead atoms. The number of carbonyl (C=O) groups excluding carboxylic acids is 1. The molecule has 1 aromatic heterocycles. The van der Waals surface area contributed by atoms with Gasteiger partial charge in [0, 0.05) is 29.9 Å². The molecule has 33 heavy (non-hydrogen) atoms. The van der Waals surface area contributed by atoms with Crippen molar-refractivity contribution < 1.29 is 22.7 Å². The topological polar surface area (TPSA) is 99.0 Å². The molecule has 10 heteroatoms. The fourth-order valence-electron chi connectivity index (χ4n) is 3.53. The summed E-state index contributed by atoms with van der Waals surface area (Å²) >= 11 is 1.38. The average molecular weight is 482 g/mol. The molecule has 1 aliphatic rings. The first-order chi connectivity index (χ1) is 15.9. The Labute approximate surface area is 193 Å². The molecule has 0 saturated carbocycles. The minimum absolute atomic E-state index is 0.139. The van der Waals surface area contributed by atoms with E-state index in [1.807, 2.05) is 23.6 Å². The number of aromatic nitrogens is 1. The molecule has 0 unspecified atom stereocenters. The van der Waals surface area contributed by atoms with Gasteiger partial charge in [0.05, 0.1) is 15.1 Å². The zero-order valence-corrected chi connectivity index (χ0v) is 19.2. The Balaban J connectivity index is 1.48. The van der Waals surface area contributed by atoms with Crippen molar-refractivity contribution in [3.63, 3.8) is 0 Å². The van der Waals surface area contributed by atoms with Crippen LogP contribution >= 0.6 is 11.3 Å². The Hall–Kier alpha value is -3.63. The number of sulfonamides is 1. The van der Waals surface area contributed by atoms with Gasteiger partial charge in [-0.15, -0.1) is 0 Å². The molecule has 168 valence electrons. The van der Waals surface area contributed by atoms with Crippen molar-refractivity contribution in [2.75, 3.05) is 11.5 Å². The summed E-state index contributed by atoms with van der Waals surface area (Å²) in [4.78, 5) is 17.9. The second kappa shape index (κ2) is 8.38. The van der Waals surface area contributed by atoms with E-state index in [9.17, 15) is 13.2 Å². The molecule has 0 aliphatic carbocycles. The number of thiazole rings is 1. The summed E-state index contributed by atoms with van der Waals surface area (Å²) in [5, 5.41) is 0. The molecular formula is C23H19N3O5S2. The SMILES string of the molecule is CCn1c(=NC(=O)c2cccc(NS(=O)(=O)c3ccccc3)c2)sc2cc3c(cc21)OCO3. The number of anilines is 1. The van der Waals surface area contributed by atoms with Gasteiger partial charge >= 0.3 is 0 Å². The number of ether oxygens (including phenoxy) is 2. The second-order valence-electron chi connectivity index (χ2n) is 7.22. The van der Waals surface area contributed by atoms with Gasteiger partial charge in [0.2, 0.25) is 6.79 Å². The lowest BCUT2D eigenvalue weighted by Crippen LogP contribution is -2.16. The van der Waals surface area contributed by atoms with Crippen molar-refractivity contribution in [1.82, 2.24) is 4.57 Å². The summed E-state index contributed by atoms with van der Waals surface area (Å²) in [5.41, 5.74) is 1.46. The quantitative estimate of drug-likeness (QED) is 0.465. The predicted molar refractivity (Wildman–Crippen MR) is 125 cm³/mol. The van der Waals surface area contributed by atoms with Crippen LogP contribution in [-0.2, 0) is 16.6 Å². The fourth-order valence-corrected chi connectivity index (χ4v) is 5.70. The van der Waals surface area contributed by atoms with Crippen LogP contribution in [0.1, 0.15) is 17.3 Å². The number of hydrogen-bond acceptors (Lipinski definition) is 6. The molecule has 2 heterocycles. The molecule has 0 spiro atoms. The minimum atomic E-state index is -3.77. The highest BCUT2D eigenvalue weighted by Crippen LogP contribution is 2.37. The van der Waals surface area contributed by atoms with Crippen molar-refractivity contribution >= 4 is 43.2 Å². The largest absolute Gasteiger partial charge is 0.454 e. The molecule has 0 saturated heterocycles. The molecule has 3 aromatic carbocycles. The highest BCUT2D eigenvalue weighted by atomic mass is 32.2. The third-order valence-electron chi connectivity index (χ3n) is 5.11. The van der Waals surface area contributed by atoms with Gasteiger partial charge in [-0.05, 0) is 37.3 Å². The predicted octanol–water partition coefficient (Wildman–Crippen LogP) is 3.99. The van der Waals surface area contributed by atoms with E-state index in [1.165, 1.54) is 29.5 Å². The first-order valence-electron chi connectivity index (χ1n) is 10.1. The Morgan fingerprint density at radius 3 is 2.58 bits per heavy atom. The van der Waals surface area contributed by atoms with Crippen molar-refractivity contribution in [2.45, 2.75) is 18.4 Å². The van der Waals surface area contributed by atoms with Crippen LogP contribution in [0.5, 0.6) is 11.5 Å². The van der Waals surface area contributed by atoms with E-state index in [4.69, 9.17) is 9.47 Å². The number of nitrogens with one attached hydrogen (secondary N) is 1. The van der Waals surface area contributed by atoms with Gasteiger partial charge in [-0.1, -0.05) is 35.6 Å². The van der Waals surface area contributed by atoms with Gasteiger partial charge in [0.1, 0.15) is 0 Å². The number of fused-ring (bicyclic) bond motifs is 2. The Morgan fingerprint density at radius 2 is 1.82 bits per heavy atom. The number of nitrogens with zero attached hydrogens (tertiary/aromatic N) is 2. The number of carbonyl (C=O) groups is 1. The first-order valence-corrected chi connectivity index (χ1v) is 12.4. The van der Waals surface area contributed by atoms with E-state index < -0.39 is 15.9 Å². The summed E-state index contributed by atoms with van der Waals surface area (Å²) in [6.45, 7) is 2.78. The van der Waals surface area contributed by atoms with E-state index in [0.29, 0.717) is 22.8 Å². The Bertz CT molecular complexity index is 1540. The highest BCUT2D eigenvalue weighted by molar-refractivity contribution is 7.92. The Morgan fingerprint density at radius 1 is 1.06 bits per heavy atom. The van der Waals surface area contributed by atoms with Crippen LogP contribution in [0.3, 0.4) is 0 Å². The van der Waals surface area contributed by atoms with Gasteiger partial charge < -0.3 is 14.0 Å². The zero-order chi connectivity index (χ0) is 23.0. The zero-order valence-electron chi connectivity index (χ0n) is 17.5. The minimum Gasteiger partial charge on any atom is -0.454 e. The molecule has 0 radical (unpaired) electrons. The number of rotatable bonds is 5. The smallest absolute Gasteiger partial charge is 0.279 e. The molecular weight excluding hydrogens is 462 g/mol. The van der Waals surface area contributed by atoms with Gasteiger partial charge in [-0.3, -0.25) is 9.52 Å². The summed E-state index contributed by atoms with van der Waals surface area (Å²) in [6, 6.07) is 18.1. The molecule has 0 fully saturated rings. The van der Waals surface area contributed by atoms with Gasteiger partial charge in [-0.25, -0.2) is 8.42 Å². The normalized spacial score (nSPS) is 13.4. The summed E-state index contributed by atoms with van der Waals surface area (Å²) in [5.74, 6) is 0.867. The van der Waals surface area contributed by atoms with E-state index in [-0.39, 0.29) is 22.9 Å². The molecule has 1 aliphatic heterocycles. The van der Waals surface area contributed by atoms with E-state index in [1.54, 1.807) is 36.4 Å². The van der Waals surface area contributed by atoms with Crippen LogP contribution in [0.25, 0.3) is 10.2 Å². The summed E-state index contributed by atoms with van der Waals surface area (Å²) in [6.07, 6.45) is 0. The van der Waals surface area contributed by atoms with Crippen molar-refractivity contribution in [3.8, 4) is 11.5 Å². The lowest BCUT2D eigenvalue weighted by atomic mass is 10.2. The van der Waals surface area contributed by atoms with Crippen molar-refractivity contribution in [1.29, 1.82) is 0 Å². The lowest BCUT2D eigenvalue weighted by molar-refractivity contribution is 0.0998. The Kier molecular flexibility index (Phi) is 5.39.